The molecule has 0 aromatic heterocycles. The fraction of sp³-hybridized carbons (Fsp3) is 0.222. The number of nitrogens with one attached hydrogen (secondary N) is 2. The summed E-state index contributed by atoms with van der Waals surface area (Å²) in [6.45, 7) is -0.0341. The molecule has 0 aliphatic carbocycles. The van der Waals surface area contributed by atoms with Gasteiger partial charge in [0.1, 0.15) is 18.6 Å². The van der Waals surface area contributed by atoms with Gasteiger partial charge in [0.15, 0.2) is 0 Å². The van der Waals surface area contributed by atoms with E-state index < -0.39 is 17.9 Å². The van der Waals surface area contributed by atoms with Gasteiger partial charge in [-0.15, -0.1) is 11.6 Å². The largest absolute Gasteiger partial charge is 0.350 e. The molecule has 2 aromatic carbocycles. The lowest BCUT2D eigenvalue weighted by atomic mass is 10.0. The lowest BCUT2D eigenvalue weighted by Gasteiger charge is -2.29. The summed E-state index contributed by atoms with van der Waals surface area (Å²) in [4.78, 5) is 26.3. The summed E-state index contributed by atoms with van der Waals surface area (Å²) in [5.41, 5.74) is 8.46. The first-order chi connectivity index (χ1) is 13.0. The molecule has 0 bridgehead atoms. The number of carbonyl (C=O) groups is 2. The molecule has 142 valence electrons. The molecule has 2 aromatic rings. The number of hydrogen-bond acceptors (Lipinski definition) is 4. The van der Waals surface area contributed by atoms with Crippen LogP contribution >= 0.6 is 34.8 Å². The Morgan fingerprint density at radius 1 is 1.11 bits per heavy atom. The average molecular weight is 428 g/mol. The molecular weight excluding hydrogens is 411 g/mol. The number of alkyl halides is 1. The first-order valence-electron chi connectivity index (χ1n) is 7.93. The maximum Gasteiger partial charge on any atom is 0.247 e. The zero-order valence-corrected chi connectivity index (χ0v) is 16.4. The van der Waals surface area contributed by atoms with E-state index >= 15 is 0 Å². The molecule has 0 aliphatic rings. The Kier molecular flexibility index (Phi) is 8.03. The Hall–Kier alpha value is -2.15. The summed E-state index contributed by atoms with van der Waals surface area (Å²) >= 11 is 17.7. The molecule has 0 fully saturated rings. The molecular formula is C18H17Cl3N4O2. The number of rotatable bonds is 8. The predicted octanol–water partition coefficient (Wildman–Crippen LogP) is 4.41. The van der Waals surface area contributed by atoms with Crippen molar-refractivity contribution >= 4 is 46.6 Å². The molecule has 0 aliphatic heterocycles. The van der Waals surface area contributed by atoms with Gasteiger partial charge >= 0.3 is 0 Å². The van der Waals surface area contributed by atoms with Crippen LogP contribution in [0, 0.1) is 5.53 Å². The predicted molar refractivity (Wildman–Crippen MR) is 105 cm³/mol. The standard InChI is InChI=1S/C18H17Cl3N4O2/c19-9-16(26)25(11-24-22)17(13-6-7-14(20)15(21)8-13)18(27)23-10-12-4-2-1-3-5-12/h1-8,17,22H,9-11H2,(H,23,27). The van der Waals surface area contributed by atoms with Crippen molar-refractivity contribution in [2.24, 2.45) is 5.11 Å². The van der Waals surface area contributed by atoms with Gasteiger partial charge in [0.25, 0.3) is 0 Å². The smallest absolute Gasteiger partial charge is 0.247 e. The van der Waals surface area contributed by atoms with Crippen LogP contribution in [0.5, 0.6) is 0 Å². The summed E-state index contributed by atoms with van der Waals surface area (Å²) in [7, 11) is 0. The molecule has 0 saturated heterocycles. The third-order valence-corrected chi connectivity index (χ3v) is 4.75. The SMILES string of the molecule is N=NCN(C(=O)CCl)C(C(=O)NCc1ccccc1)c1ccc(Cl)c(Cl)c1. The second-order valence-electron chi connectivity index (χ2n) is 5.58. The molecule has 27 heavy (non-hydrogen) atoms. The van der Waals surface area contributed by atoms with Crippen molar-refractivity contribution in [2.45, 2.75) is 12.6 Å². The number of hydrogen-bond donors (Lipinski definition) is 2. The lowest BCUT2D eigenvalue weighted by Crippen LogP contribution is -2.44. The third kappa shape index (κ3) is 5.66. The molecule has 0 saturated carbocycles. The molecule has 6 nitrogen and oxygen atoms in total. The minimum atomic E-state index is -1.05. The van der Waals surface area contributed by atoms with Gasteiger partial charge in [0.2, 0.25) is 11.8 Å². The number of halogens is 3. The van der Waals surface area contributed by atoms with E-state index in [0.29, 0.717) is 10.6 Å². The zero-order chi connectivity index (χ0) is 19.8. The van der Waals surface area contributed by atoms with Gasteiger partial charge in [-0.3, -0.25) is 9.59 Å². The molecule has 2 rings (SSSR count). The second-order valence-corrected chi connectivity index (χ2v) is 6.66. The first-order valence-corrected chi connectivity index (χ1v) is 9.22. The van der Waals surface area contributed by atoms with Crippen molar-refractivity contribution in [1.82, 2.24) is 10.2 Å². The van der Waals surface area contributed by atoms with Crippen LogP contribution < -0.4 is 5.32 Å². The Balaban J connectivity index is 2.34. The monoisotopic (exact) mass is 426 g/mol. The van der Waals surface area contributed by atoms with Crippen LogP contribution in [0.3, 0.4) is 0 Å². The summed E-state index contributed by atoms with van der Waals surface area (Å²) in [6.07, 6.45) is 0. The van der Waals surface area contributed by atoms with Gasteiger partial charge in [-0.25, -0.2) is 5.53 Å². The fourth-order valence-corrected chi connectivity index (χ4v) is 2.95. The van der Waals surface area contributed by atoms with Gasteiger partial charge in [-0.05, 0) is 23.3 Å². The second kappa shape index (κ2) is 10.3. The summed E-state index contributed by atoms with van der Waals surface area (Å²) in [6, 6.07) is 12.9. The molecule has 0 radical (unpaired) electrons. The quantitative estimate of drug-likeness (QED) is 0.483. The molecule has 2 amide bonds. The third-order valence-electron chi connectivity index (χ3n) is 3.79. The molecule has 9 heteroatoms. The Morgan fingerprint density at radius 2 is 1.81 bits per heavy atom. The number of carbonyl (C=O) groups excluding carboxylic acids is 2. The number of amides is 2. The first kappa shape index (κ1) is 21.2. The van der Waals surface area contributed by atoms with E-state index in [4.69, 9.17) is 40.3 Å². The number of benzene rings is 2. The van der Waals surface area contributed by atoms with Crippen LogP contribution in [-0.2, 0) is 16.1 Å². The number of nitrogens with zero attached hydrogens (tertiary/aromatic N) is 2. The van der Waals surface area contributed by atoms with E-state index in [9.17, 15) is 9.59 Å². The van der Waals surface area contributed by atoms with Gasteiger partial charge in [0.05, 0.1) is 10.0 Å². The van der Waals surface area contributed by atoms with Crippen LogP contribution in [0.2, 0.25) is 10.0 Å². The maximum absolute atomic E-state index is 12.9. The average Bonchev–Trinajstić information content (AvgIpc) is 2.68. The van der Waals surface area contributed by atoms with E-state index in [0.717, 1.165) is 10.5 Å². The van der Waals surface area contributed by atoms with Crippen molar-refractivity contribution in [3.05, 3.63) is 69.7 Å². The fourth-order valence-electron chi connectivity index (χ4n) is 2.49. The minimum Gasteiger partial charge on any atom is -0.350 e. The van der Waals surface area contributed by atoms with E-state index in [1.54, 1.807) is 6.07 Å². The summed E-state index contributed by atoms with van der Waals surface area (Å²) < 4.78 is 0. The lowest BCUT2D eigenvalue weighted by molar-refractivity contribution is -0.139. The van der Waals surface area contributed by atoms with E-state index in [1.807, 2.05) is 30.3 Å². The van der Waals surface area contributed by atoms with Crippen LogP contribution in [0.1, 0.15) is 17.2 Å². The topological polar surface area (TPSA) is 85.6 Å². The highest BCUT2D eigenvalue weighted by Crippen LogP contribution is 2.29. The Labute approximate surface area is 171 Å². The van der Waals surface area contributed by atoms with Crippen LogP contribution in [0.25, 0.3) is 0 Å². The van der Waals surface area contributed by atoms with Crippen LogP contribution in [-0.4, -0.2) is 29.3 Å². The molecule has 1 atom stereocenters. The highest BCUT2D eigenvalue weighted by molar-refractivity contribution is 6.42. The van der Waals surface area contributed by atoms with Crippen molar-refractivity contribution in [3.8, 4) is 0 Å². The summed E-state index contributed by atoms with van der Waals surface area (Å²) in [5.74, 6) is -1.32. The normalized spacial score (nSPS) is 11.5. The van der Waals surface area contributed by atoms with Gasteiger partial charge in [-0.1, -0.05) is 59.6 Å². The van der Waals surface area contributed by atoms with Gasteiger partial charge in [-0.2, -0.15) is 5.11 Å². The van der Waals surface area contributed by atoms with Gasteiger partial charge < -0.3 is 10.2 Å². The molecule has 1 unspecified atom stereocenters. The molecule has 2 N–H and O–H groups in total. The van der Waals surface area contributed by atoms with Gasteiger partial charge in [0, 0.05) is 6.54 Å². The van der Waals surface area contributed by atoms with Crippen molar-refractivity contribution in [2.75, 3.05) is 12.5 Å². The van der Waals surface area contributed by atoms with Crippen molar-refractivity contribution in [1.29, 1.82) is 5.53 Å². The van der Waals surface area contributed by atoms with E-state index in [-0.39, 0.29) is 24.1 Å². The Bertz CT molecular complexity index is 818. The van der Waals surface area contributed by atoms with E-state index in [2.05, 4.69) is 10.4 Å². The van der Waals surface area contributed by atoms with Crippen LogP contribution in [0.4, 0.5) is 0 Å². The Morgan fingerprint density at radius 3 is 2.41 bits per heavy atom. The summed E-state index contributed by atoms with van der Waals surface area (Å²) in [5, 5.41) is 6.61. The zero-order valence-electron chi connectivity index (χ0n) is 14.2. The van der Waals surface area contributed by atoms with Crippen LogP contribution in [0.15, 0.2) is 53.6 Å². The highest BCUT2D eigenvalue weighted by Gasteiger charge is 2.31. The van der Waals surface area contributed by atoms with Crippen molar-refractivity contribution < 1.29 is 9.59 Å². The van der Waals surface area contributed by atoms with E-state index in [1.165, 1.54) is 12.1 Å². The highest BCUT2D eigenvalue weighted by atomic mass is 35.5. The van der Waals surface area contributed by atoms with Crippen molar-refractivity contribution in [3.63, 3.8) is 0 Å². The molecule has 0 heterocycles. The maximum atomic E-state index is 12.9. The molecule has 0 spiro atoms. The minimum absolute atomic E-state index is 0.246.